The van der Waals surface area contributed by atoms with Crippen LogP contribution in [0.5, 0.6) is 0 Å². The van der Waals surface area contributed by atoms with E-state index in [-0.39, 0.29) is 5.69 Å². The third kappa shape index (κ3) is 2.40. The first kappa shape index (κ1) is 10.9. The van der Waals surface area contributed by atoms with E-state index >= 15 is 0 Å². The molecule has 0 saturated carbocycles. The lowest BCUT2D eigenvalue weighted by Crippen LogP contribution is -2.07. The summed E-state index contributed by atoms with van der Waals surface area (Å²) in [5.41, 5.74) is 4.34. The predicted molar refractivity (Wildman–Crippen MR) is 53.6 cm³/mol. The Labute approximate surface area is 91.2 Å². The molecular formula is C7H4ClF3IN. The van der Waals surface area contributed by atoms with E-state index in [1.165, 1.54) is 6.07 Å². The molecule has 1 rings (SSSR count). The lowest BCUT2D eigenvalue weighted by Gasteiger charge is -2.10. The zero-order valence-electron chi connectivity index (χ0n) is 6.12. The molecule has 0 bridgehead atoms. The van der Waals surface area contributed by atoms with Crippen molar-refractivity contribution in [1.29, 1.82) is 0 Å². The maximum absolute atomic E-state index is 12.3. The lowest BCUT2D eigenvalue weighted by atomic mass is 10.2. The molecule has 0 amide bonds. The summed E-state index contributed by atoms with van der Waals surface area (Å²) in [6.45, 7) is 0. The molecule has 0 fully saturated rings. The summed E-state index contributed by atoms with van der Waals surface area (Å²) in [6.07, 6.45) is -4.45. The average Bonchev–Trinajstić information content (AvgIpc) is 1.94. The second-order valence-corrected chi connectivity index (χ2v) is 3.98. The van der Waals surface area contributed by atoms with Crippen molar-refractivity contribution in [3.8, 4) is 0 Å². The fraction of sp³-hybridized carbons (Fsp3) is 0.143. The molecule has 0 aliphatic heterocycles. The summed E-state index contributed by atoms with van der Waals surface area (Å²) in [5, 5.41) is -0.437. The van der Waals surface area contributed by atoms with Gasteiger partial charge in [-0.25, -0.2) is 0 Å². The largest absolute Gasteiger partial charge is 0.417 e. The highest BCUT2D eigenvalue weighted by Gasteiger charge is 2.34. The van der Waals surface area contributed by atoms with Crippen molar-refractivity contribution in [3.05, 3.63) is 26.3 Å². The van der Waals surface area contributed by atoms with Crippen molar-refractivity contribution in [2.45, 2.75) is 6.18 Å². The minimum atomic E-state index is -4.45. The van der Waals surface area contributed by atoms with Crippen LogP contribution in [0.2, 0.25) is 5.02 Å². The van der Waals surface area contributed by atoms with E-state index in [1.807, 2.05) is 0 Å². The van der Waals surface area contributed by atoms with Gasteiger partial charge in [-0.15, -0.1) is 0 Å². The van der Waals surface area contributed by atoms with Crippen molar-refractivity contribution >= 4 is 39.9 Å². The summed E-state index contributed by atoms with van der Waals surface area (Å²) in [5.74, 6) is 0. The molecule has 1 aromatic carbocycles. The van der Waals surface area contributed by atoms with Crippen molar-refractivity contribution in [1.82, 2.24) is 0 Å². The molecule has 0 atom stereocenters. The molecule has 0 spiro atoms. The molecule has 1 aromatic rings. The lowest BCUT2D eigenvalue weighted by molar-refractivity contribution is -0.137. The molecular weight excluding hydrogens is 317 g/mol. The number of rotatable bonds is 0. The molecule has 0 radical (unpaired) electrons. The molecule has 1 nitrogen and oxygen atoms in total. The Morgan fingerprint density at radius 2 is 1.85 bits per heavy atom. The highest BCUT2D eigenvalue weighted by Crippen LogP contribution is 2.38. The number of hydrogen-bond donors (Lipinski definition) is 1. The van der Waals surface area contributed by atoms with Gasteiger partial charge in [-0.2, -0.15) is 13.2 Å². The zero-order valence-corrected chi connectivity index (χ0v) is 9.04. The number of benzene rings is 1. The minimum absolute atomic E-state index is 0.0547. The monoisotopic (exact) mass is 321 g/mol. The number of halogens is 5. The molecule has 13 heavy (non-hydrogen) atoms. The maximum Gasteiger partial charge on any atom is 0.417 e. The highest BCUT2D eigenvalue weighted by atomic mass is 127. The van der Waals surface area contributed by atoms with Crippen LogP contribution < -0.4 is 5.73 Å². The van der Waals surface area contributed by atoms with Crippen molar-refractivity contribution < 1.29 is 13.2 Å². The van der Waals surface area contributed by atoms with Crippen molar-refractivity contribution in [2.75, 3.05) is 5.73 Å². The predicted octanol–water partition coefficient (Wildman–Crippen LogP) is 3.55. The van der Waals surface area contributed by atoms with Gasteiger partial charge in [0, 0.05) is 3.57 Å². The number of anilines is 1. The van der Waals surface area contributed by atoms with Gasteiger partial charge in [0.05, 0.1) is 16.3 Å². The van der Waals surface area contributed by atoms with Crippen molar-refractivity contribution in [2.24, 2.45) is 0 Å². The second-order valence-electron chi connectivity index (χ2n) is 2.35. The second kappa shape index (κ2) is 3.53. The van der Waals surface area contributed by atoms with Gasteiger partial charge in [-0.05, 0) is 34.7 Å². The standard InChI is InChI=1S/C7H4ClF3IN/c8-6-4(7(9,10)11)1-3(12)2-5(6)13/h1-2H,13H2. The van der Waals surface area contributed by atoms with E-state index in [1.54, 1.807) is 22.6 Å². The van der Waals surface area contributed by atoms with Gasteiger partial charge in [-0.3, -0.25) is 0 Å². The van der Waals surface area contributed by atoms with Crippen LogP contribution in [0.3, 0.4) is 0 Å². The number of nitrogen functional groups attached to an aromatic ring is 1. The fourth-order valence-electron chi connectivity index (χ4n) is 0.817. The van der Waals surface area contributed by atoms with Crippen LogP contribution in [0.1, 0.15) is 5.56 Å². The molecule has 2 N–H and O–H groups in total. The van der Waals surface area contributed by atoms with E-state index in [2.05, 4.69) is 0 Å². The number of alkyl halides is 3. The fourth-order valence-corrected chi connectivity index (χ4v) is 1.68. The summed E-state index contributed by atoms with van der Waals surface area (Å²) in [6, 6.07) is 2.34. The Hall–Kier alpha value is -0.170. The summed E-state index contributed by atoms with van der Waals surface area (Å²) >= 11 is 7.15. The Bertz CT molecular complexity index is 337. The molecule has 0 unspecified atom stereocenters. The van der Waals surface area contributed by atoms with Crippen LogP contribution in [-0.2, 0) is 6.18 Å². The molecule has 0 aromatic heterocycles. The molecule has 0 saturated heterocycles. The van der Waals surface area contributed by atoms with E-state index in [4.69, 9.17) is 17.3 Å². The van der Waals surface area contributed by atoms with Gasteiger partial charge < -0.3 is 5.73 Å². The Kier molecular flexibility index (Phi) is 2.96. The van der Waals surface area contributed by atoms with Gasteiger partial charge in [0.1, 0.15) is 0 Å². The van der Waals surface area contributed by atoms with E-state index < -0.39 is 16.8 Å². The smallest absolute Gasteiger partial charge is 0.397 e. The third-order valence-corrected chi connectivity index (χ3v) is 2.42. The van der Waals surface area contributed by atoms with Crippen molar-refractivity contribution in [3.63, 3.8) is 0 Å². The molecule has 6 heteroatoms. The van der Waals surface area contributed by atoms with Crippen LogP contribution >= 0.6 is 34.2 Å². The Morgan fingerprint density at radius 3 is 2.31 bits per heavy atom. The number of nitrogens with two attached hydrogens (primary N) is 1. The van der Waals surface area contributed by atoms with Gasteiger partial charge in [-0.1, -0.05) is 11.6 Å². The maximum atomic E-state index is 12.3. The van der Waals surface area contributed by atoms with Crippen LogP contribution in [0.15, 0.2) is 12.1 Å². The van der Waals surface area contributed by atoms with Crippen LogP contribution in [0, 0.1) is 3.57 Å². The summed E-state index contributed by atoms with van der Waals surface area (Å²) in [7, 11) is 0. The molecule has 0 aliphatic carbocycles. The topological polar surface area (TPSA) is 26.0 Å². The van der Waals surface area contributed by atoms with Gasteiger partial charge in [0.2, 0.25) is 0 Å². The van der Waals surface area contributed by atoms with Gasteiger partial charge in [0.25, 0.3) is 0 Å². The first-order valence-electron chi connectivity index (χ1n) is 3.14. The number of hydrogen-bond acceptors (Lipinski definition) is 1. The van der Waals surface area contributed by atoms with Gasteiger partial charge >= 0.3 is 6.18 Å². The van der Waals surface area contributed by atoms with E-state index in [0.717, 1.165) is 6.07 Å². The molecule has 0 aliphatic rings. The molecule has 0 heterocycles. The average molecular weight is 321 g/mol. The van der Waals surface area contributed by atoms with E-state index in [0.29, 0.717) is 3.57 Å². The van der Waals surface area contributed by atoms with Crippen LogP contribution in [0.4, 0.5) is 18.9 Å². The van der Waals surface area contributed by atoms with E-state index in [9.17, 15) is 13.2 Å². The zero-order chi connectivity index (χ0) is 10.2. The third-order valence-electron chi connectivity index (χ3n) is 1.37. The summed E-state index contributed by atoms with van der Waals surface area (Å²) in [4.78, 5) is 0. The first-order valence-corrected chi connectivity index (χ1v) is 4.60. The van der Waals surface area contributed by atoms with Crippen LogP contribution in [0.25, 0.3) is 0 Å². The first-order chi connectivity index (χ1) is 5.82. The highest BCUT2D eigenvalue weighted by molar-refractivity contribution is 14.1. The van der Waals surface area contributed by atoms with Crippen LogP contribution in [-0.4, -0.2) is 0 Å². The Morgan fingerprint density at radius 1 is 1.31 bits per heavy atom. The van der Waals surface area contributed by atoms with Gasteiger partial charge in [0.15, 0.2) is 0 Å². The normalized spacial score (nSPS) is 11.8. The summed E-state index contributed by atoms with van der Waals surface area (Å²) < 4.78 is 37.2. The Balaban J connectivity index is 3.37. The molecule has 72 valence electrons. The quantitative estimate of drug-likeness (QED) is 0.574. The SMILES string of the molecule is Nc1cc(I)cc(C(F)(F)F)c1Cl. The minimum Gasteiger partial charge on any atom is -0.397 e.